The number of hydrogen-bond acceptors (Lipinski definition) is 3. The van der Waals surface area contributed by atoms with Gasteiger partial charge in [-0.2, -0.15) is 0 Å². The van der Waals surface area contributed by atoms with Gasteiger partial charge in [-0.05, 0) is 23.1 Å². The van der Waals surface area contributed by atoms with Crippen LogP contribution in [0.1, 0.15) is 31.1 Å². The minimum absolute atomic E-state index is 0.162. The molecule has 2 N–H and O–H groups in total. The van der Waals surface area contributed by atoms with Gasteiger partial charge in [-0.15, -0.1) is 0 Å². The van der Waals surface area contributed by atoms with Crippen LogP contribution in [0.5, 0.6) is 0 Å². The SMILES string of the molecule is CC(C)(CO)C(CNCc1ccco1)c1ccccc1. The highest BCUT2D eigenvalue weighted by atomic mass is 16.3. The third-order valence-electron chi connectivity index (χ3n) is 3.78. The number of aliphatic hydroxyl groups is 1. The summed E-state index contributed by atoms with van der Waals surface area (Å²) in [4.78, 5) is 0. The van der Waals surface area contributed by atoms with Gasteiger partial charge in [-0.3, -0.25) is 0 Å². The van der Waals surface area contributed by atoms with Gasteiger partial charge >= 0.3 is 0 Å². The van der Waals surface area contributed by atoms with Crippen LogP contribution in [0.2, 0.25) is 0 Å². The van der Waals surface area contributed by atoms with E-state index >= 15 is 0 Å². The number of benzene rings is 1. The topological polar surface area (TPSA) is 45.4 Å². The molecule has 1 aromatic heterocycles. The molecule has 3 heteroatoms. The first-order chi connectivity index (χ1) is 9.63. The number of rotatable bonds is 7. The Balaban J connectivity index is 2.03. The van der Waals surface area contributed by atoms with E-state index in [2.05, 4.69) is 31.3 Å². The maximum Gasteiger partial charge on any atom is 0.117 e. The van der Waals surface area contributed by atoms with Crippen molar-refractivity contribution in [3.8, 4) is 0 Å². The molecule has 0 saturated carbocycles. The van der Waals surface area contributed by atoms with Crippen LogP contribution >= 0.6 is 0 Å². The van der Waals surface area contributed by atoms with Crippen molar-refractivity contribution in [1.29, 1.82) is 0 Å². The number of aliphatic hydroxyl groups excluding tert-OH is 1. The normalized spacial score (nSPS) is 13.3. The molecule has 0 aliphatic heterocycles. The fraction of sp³-hybridized carbons (Fsp3) is 0.412. The predicted molar refractivity (Wildman–Crippen MR) is 80.5 cm³/mol. The number of hydrogen-bond donors (Lipinski definition) is 2. The molecule has 0 aliphatic rings. The summed E-state index contributed by atoms with van der Waals surface area (Å²) < 4.78 is 5.32. The molecule has 0 amide bonds. The molecule has 0 aliphatic carbocycles. The highest BCUT2D eigenvalue weighted by Crippen LogP contribution is 2.34. The quantitative estimate of drug-likeness (QED) is 0.814. The average molecular weight is 273 g/mol. The van der Waals surface area contributed by atoms with Gasteiger partial charge in [0.2, 0.25) is 0 Å². The van der Waals surface area contributed by atoms with Gasteiger partial charge in [-0.25, -0.2) is 0 Å². The Hall–Kier alpha value is -1.58. The van der Waals surface area contributed by atoms with Crippen molar-refractivity contribution in [2.75, 3.05) is 13.2 Å². The second-order valence-electron chi connectivity index (χ2n) is 5.82. The van der Waals surface area contributed by atoms with Gasteiger partial charge < -0.3 is 14.8 Å². The standard InChI is InChI=1S/C17H23NO2/c1-17(2,13-19)16(14-7-4-3-5-8-14)12-18-11-15-9-6-10-20-15/h3-10,16,18-19H,11-13H2,1-2H3. The molecule has 108 valence electrons. The highest BCUT2D eigenvalue weighted by Gasteiger charge is 2.29. The molecule has 1 aromatic carbocycles. The lowest BCUT2D eigenvalue weighted by Crippen LogP contribution is -2.34. The zero-order valence-electron chi connectivity index (χ0n) is 12.2. The summed E-state index contributed by atoms with van der Waals surface area (Å²) in [7, 11) is 0. The summed E-state index contributed by atoms with van der Waals surface area (Å²) in [5.74, 6) is 1.18. The second-order valence-corrected chi connectivity index (χ2v) is 5.82. The Labute approximate surface area is 120 Å². The van der Waals surface area contributed by atoms with E-state index in [4.69, 9.17) is 4.42 Å². The minimum Gasteiger partial charge on any atom is -0.468 e. The third kappa shape index (κ3) is 3.71. The first kappa shape index (κ1) is 14.8. The van der Waals surface area contributed by atoms with Crippen molar-refractivity contribution < 1.29 is 9.52 Å². The van der Waals surface area contributed by atoms with Gasteiger partial charge in [0.1, 0.15) is 5.76 Å². The molecule has 1 unspecified atom stereocenters. The van der Waals surface area contributed by atoms with Crippen LogP contribution in [0.25, 0.3) is 0 Å². The Morgan fingerprint density at radius 1 is 1.15 bits per heavy atom. The first-order valence-electron chi connectivity index (χ1n) is 7.02. The molecular weight excluding hydrogens is 250 g/mol. The number of furan rings is 1. The van der Waals surface area contributed by atoms with Crippen LogP contribution in [0.3, 0.4) is 0 Å². The second kappa shape index (κ2) is 6.73. The monoisotopic (exact) mass is 273 g/mol. The van der Waals surface area contributed by atoms with Gasteiger partial charge in [0.25, 0.3) is 0 Å². The van der Waals surface area contributed by atoms with E-state index in [9.17, 15) is 5.11 Å². The van der Waals surface area contributed by atoms with Crippen LogP contribution < -0.4 is 5.32 Å². The van der Waals surface area contributed by atoms with Crippen molar-refractivity contribution in [2.24, 2.45) is 5.41 Å². The van der Waals surface area contributed by atoms with Gasteiger partial charge in [0.15, 0.2) is 0 Å². The van der Waals surface area contributed by atoms with Crippen LogP contribution in [0, 0.1) is 5.41 Å². The largest absolute Gasteiger partial charge is 0.468 e. The molecule has 2 aromatic rings. The van der Waals surface area contributed by atoms with Crippen molar-refractivity contribution in [2.45, 2.75) is 26.3 Å². The van der Waals surface area contributed by atoms with Crippen molar-refractivity contribution in [3.63, 3.8) is 0 Å². The van der Waals surface area contributed by atoms with E-state index in [1.807, 2.05) is 30.3 Å². The molecule has 2 rings (SSSR count). The van der Waals surface area contributed by atoms with Crippen molar-refractivity contribution >= 4 is 0 Å². The summed E-state index contributed by atoms with van der Waals surface area (Å²) in [5, 5.41) is 13.1. The lowest BCUT2D eigenvalue weighted by atomic mass is 9.75. The lowest BCUT2D eigenvalue weighted by Gasteiger charge is -2.33. The first-order valence-corrected chi connectivity index (χ1v) is 7.02. The summed E-state index contributed by atoms with van der Waals surface area (Å²) in [6, 6.07) is 14.2. The molecule has 3 nitrogen and oxygen atoms in total. The van der Waals surface area contributed by atoms with Crippen LogP contribution in [0.4, 0.5) is 0 Å². The van der Waals surface area contributed by atoms with Crippen LogP contribution in [-0.4, -0.2) is 18.3 Å². The zero-order chi connectivity index (χ0) is 14.4. The van der Waals surface area contributed by atoms with Crippen molar-refractivity contribution in [1.82, 2.24) is 5.32 Å². The maximum absolute atomic E-state index is 9.66. The molecule has 0 saturated heterocycles. The van der Waals surface area contributed by atoms with E-state index < -0.39 is 0 Å². The molecule has 0 bridgehead atoms. The smallest absolute Gasteiger partial charge is 0.117 e. The Kier molecular flexibility index (Phi) is 4.99. The molecule has 0 spiro atoms. The Morgan fingerprint density at radius 3 is 2.50 bits per heavy atom. The molecule has 1 atom stereocenters. The van der Waals surface area contributed by atoms with E-state index in [1.54, 1.807) is 6.26 Å². The van der Waals surface area contributed by atoms with E-state index in [0.717, 1.165) is 12.3 Å². The fourth-order valence-corrected chi connectivity index (χ4v) is 2.39. The molecule has 1 heterocycles. The third-order valence-corrected chi connectivity index (χ3v) is 3.78. The minimum atomic E-state index is -0.169. The van der Waals surface area contributed by atoms with E-state index in [0.29, 0.717) is 6.54 Å². The van der Waals surface area contributed by atoms with Crippen LogP contribution in [0.15, 0.2) is 53.1 Å². The summed E-state index contributed by atoms with van der Waals surface area (Å²) in [6.45, 7) is 5.86. The Bertz CT molecular complexity index is 491. The van der Waals surface area contributed by atoms with Crippen molar-refractivity contribution in [3.05, 3.63) is 60.1 Å². The summed E-state index contributed by atoms with van der Waals surface area (Å²) in [5.41, 5.74) is 1.08. The molecule has 20 heavy (non-hydrogen) atoms. The molecule has 0 radical (unpaired) electrons. The lowest BCUT2D eigenvalue weighted by molar-refractivity contribution is 0.128. The highest BCUT2D eigenvalue weighted by molar-refractivity contribution is 5.22. The number of nitrogens with one attached hydrogen (secondary N) is 1. The maximum atomic E-state index is 9.66. The average Bonchev–Trinajstić information content (AvgIpc) is 2.97. The molecule has 0 fully saturated rings. The fourth-order valence-electron chi connectivity index (χ4n) is 2.39. The predicted octanol–water partition coefficient (Wildman–Crippen LogP) is 3.17. The van der Waals surface area contributed by atoms with E-state index in [1.165, 1.54) is 5.56 Å². The zero-order valence-corrected chi connectivity index (χ0v) is 12.2. The van der Waals surface area contributed by atoms with Gasteiger partial charge in [0.05, 0.1) is 12.8 Å². The van der Waals surface area contributed by atoms with Gasteiger partial charge in [-0.1, -0.05) is 44.2 Å². The molecular formula is C17H23NO2. The summed E-state index contributed by atoms with van der Waals surface area (Å²) >= 11 is 0. The van der Waals surface area contributed by atoms with Gasteiger partial charge in [0, 0.05) is 19.1 Å². The Morgan fingerprint density at radius 2 is 1.90 bits per heavy atom. The summed E-state index contributed by atoms with van der Waals surface area (Å²) in [6.07, 6.45) is 1.68. The van der Waals surface area contributed by atoms with Crippen LogP contribution in [-0.2, 0) is 6.54 Å². The van der Waals surface area contributed by atoms with E-state index in [-0.39, 0.29) is 17.9 Å².